The molecule has 0 atom stereocenters. The summed E-state index contributed by atoms with van der Waals surface area (Å²) in [6.07, 6.45) is 0. The quantitative estimate of drug-likeness (QED) is 0.947. The van der Waals surface area contributed by atoms with Gasteiger partial charge in [0, 0.05) is 5.69 Å². The van der Waals surface area contributed by atoms with Crippen molar-refractivity contribution in [1.29, 1.82) is 0 Å². The van der Waals surface area contributed by atoms with Crippen LogP contribution in [0.2, 0.25) is 4.47 Å². The number of thiazole rings is 1. The van der Waals surface area contributed by atoms with E-state index < -0.39 is 10.0 Å². The summed E-state index contributed by atoms with van der Waals surface area (Å²) in [6.45, 7) is 3.51. The van der Waals surface area contributed by atoms with Gasteiger partial charge in [0.05, 0.1) is 5.69 Å². The molecule has 0 aliphatic heterocycles. The number of aryl methyl sites for hydroxylation is 2. The molecule has 0 unspecified atom stereocenters. The molecule has 0 radical (unpaired) electrons. The van der Waals surface area contributed by atoms with Crippen molar-refractivity contribution in [3.63, 3.8) is 0 Å². The van der Waals surface area contributed by atoms with Crippen LogP contribution in [0.15, 0.2) is 28.5 Å². The molecule has 1 aromatic carbocycles. The van der Waals surface area contributed by atoms with Crippen molar-refractivity contribution in [2.24, 2.45) is 0 Å². The average molecular weight is 303 g/mol. The molecule has 1 aromatic heterocycles. The molecule has 2 aromatic rings. The van der Waals surface area contributed by atoms with Gasteiger partial charge in [0.2, 0.25) is 0 Å². The lowest BCUT2D eigenvalue weighted by Crippen LogP contribution is -2.12. The first-order valence-corrected chi connectivity index (χ1v) is 7.79. The molecule has 0 aliphatic carbocycles. The van der Waals surface area contributed by atoms with E-state index in [-0.39, 0.29) is 8.68 Å². The van der Waals surface area contributed by atoms with Crippen molar-refractivity contribution in [1.82, 2.24) is 4.98 Å². The SMILES string of the molecule is Cc1cccc(NS(=O)(=O)c2sc(Cl)nc2C)c1. The Morgan fingerprint density at radius 2 is 2.06 bits per heavy atom. The van der Waals surface area contributed by atoms with E-state index >= 15 is 0 Å². The number of halogens is 1. The Hall–Kier alpha value is -1.11. The highest BCUT2D eigenvalue weighted by molar-refractivity contribution is 7.94. The van der Waals surface area contributed by atoms with E-state index in [4.69, 9.17) is 11.6 Å². The van der Waals surface area contributed by atoms with Gasteiger partial charge in [0.15, 0.2) is 8.68 Å². The second kappa shape index (κ2) is 4.87. The molecule has 0 aliphatic rings. The van der Waals surface area contributed by atoms with Crippen molar-refractivity contribution in [3.8, 4) is 0 Å². The normalized spacial score (nSPS) is 11.5. The summed E-state index contributed by atoms with van der Waals surface area (Å²) in [7, 11) is -3.62. The largest absolute Gasteiger partial charge is 0.279 e. The van der Waals surface area contributed by atoms with Crippen molar-refractivity contribution >= 4 is 38.6 Å². The Morgan fingerprint density at radius 1 is 1.33 bits per heavy atom. The van der Waals surface area contributed by atoms with Crippen LogP contribution in [0.3, 0.4) is 0 Å². The molecular formula is C11H11ClN2O2S2. The molecular weight excluding hydrogens is 292 g/mol. The molecule has 0 amide bonds. The van der Waals surface area contributed by atoms with E-state index in [1.807, 2.05) is 13.0 Å². The van der Waals surface area contributed by atoms with Crippen LogP contribution in [0.1, 0.15) is 11.3 Å². The first kappa shape index (κ1) is 13.3. The van der Waals surface area contributed by atoms with Crippen LogP contribution in [0.4, 0.5) is 5.69 Å². The van der Waals surface area contributed by atoms with E-state index in [1.54, 1.807) is 25.1 Å². The zero-order valence-corrected chi connectivity index (χ0v) is 12.2. The fourth-order valence-electron chi connectivity index (χ4n) is 1.51. The van der Waals surface area contributed by atoms with Crippen molar-refractivity contribution in [2.45, 2.75) is 18.1 Å². The van der Waals surface area contributed by atoms with Gasteiger partial charge in [-0.1, -0.05) is 35.1 Å². The third kappa shape index (κ3) is 2.82. The zero-order chi connectivity index (χ0) is 13.3. The number of benzene rings is 1. The molecule has 1 N–H and O–H groups in total. The molecule has 0 fully saturated rings. The number of aromatic nitrogens is 1. The van der Waals surface area contributed by atoms with Gasteiger partial charge in [-0.25, -0.2) is 13.4 Å². The number of anilines is 1. The third-order valence-corrected chi connectivity index (χ3v) is 5.50. The maximum atomic E-state index is 12.1. The molecule has 0 bridgehead atoms. The van der Waals surface area contributed by atoms with Crippen molar-refractivity contribution in [3.05, 3.63) is 40.0 Å². The standard InChI is InChI=1S/C11H11ClN2O2S2/c1-7-4-3-5-9(6-7)14-18(15,16)10-8(2)13-11(12)17-10/h3-6,14H,1-2H3. The molecule has 0 spiro atoms. The third-order valence-electron chi connectivity index (χ3n) is 2.24. The Morgan fingerprint density at radius 3 is 2.61 bits per heavy atom. The summed E-state index contributed by atoms with van der Waals surface area (Å²) in [5.74, 6) is 0. The van der Waals surface area contributed by atoms with Gasteiger partial charge < -0.3 is 0 Å². The van der Waals surface area contributed by atoms with E-state index in [2.05, 4.69) is 9.71 Å². The van der Waals surface area contributed by atoms with Gasteiger partial charge in [-0.3, -0.25) is 4.72 Å². The van der Waals surface area contributed by atoms with Crippen molar-refractivity contribution in [2.75, 3.05) is 4.72 Å². The fourth-order valence-corrected chi connectivity index (χ4v) is 4.30. The van der Waals surface area contributed by atoms with Crippen LogP contribution >= 0.6 is 22.9 Å². The van der Waals surface area contributed by atoms with Crippen molar-refractivity contribution < 1.29 is 8.42 Å². The van der Waals surface area contributed by atoms with Gasteiger partial charge in [0.25, 0.3) is 10.0 Å². The zero-order valence-electron chi connectivity index (χ0n) is 9.77. The predicted octanol–water partition coefficient (Wildman–Crippen LogP) is 3.21. The molecule has 0 saturated heterocycles. The first-order valence-electron chi connectivity index (χ1n) is 5.11. The van der Waals surface area contributed by atoms with E-state index in [0.717, 1.165) is 16.9 Å². The average Bonchev–Trinajstić information content (AvgIpc) is 2.58. The smallest absolute Gasteiger partial charge is 0.273 e. The Labute approximate surface area is 115 Å². The predicted molar refractivity (Wildman–Crippen MR) is 73.8 cm³/mol. The highest BCUT2D eigenvalue weighted by Gasteiger charge is 2.21. The van der Waals surface area contributed by atoms with E-state index in [1.165, 1.54) is 0 Å². The summed E-state index contributed by atoms with van der Waals surface area (Å²) in [5, 5.41) is 0. The lowest BCUT2D eigenvalue weighted by molar-refractivity contribution is 0.602. The Kier molecular flexibility index (Phi) is 3.61. The first-order chi connectivity index (χ1) is 8.38. The highest BCUT2D eigenvalue weighted by Crippen LogP contribution is 2.28. The summed E-state index contributed by atoms with van der Waals surface area (Å²) >= 11 is 6.66. The number of nitrogens with zero attached hydrogens (tertiary/aromatic N) is 1. The summed E-state index contributed by atoms with van der Waals surface area (Å²) in [6, 6.07) is 7.14. The van der Waals surface area contributed by atoms with Crippen LogP contribution in [0.25, 0.3) is 0 Å². The lowest BCUT2D eigenvalue weighted by Gasteiger charge is -2.07. The van der Waals surface area contributed by atoms with Crippen LogP contribution in [-0.4, -0.2) is 13.4 Å². The minimum Gasteiger partial charge on any atom is -0.279 e. The second-order valence-corrected chi connectivity index (χ2v) is 7.27. The number of rotatable bonds is 3. The summed E-state index contributed by atoms with van der Waals surface area (Å²) < 4.78 is 27.2. The Bertz CT molecular complexity index is 680. The highest BCUT2D eigenvalue weighted by atomic mass is 35.5. The molecule has 0 saturated carbocycles. The van der Waals surface area contributed by atoms with Gasteiger partial charge in [-0.05, 0) is 31.5 Å². The Balaban J connectivity index is 2.36. The minimum atomic E-state index is -3.62. The van der Waals surface area contributed by atoms with Crippen LogP contribution < -0.4 is 4.72 Å². The molecule has 18 heavy (non-hydrogen) atoms. The van der Waals surface area contributed by atoms with E-state index in [0.29, 0.717) is 11.4 Å². The molecule has 4 nitrogen and oxygen atoms in total. The topological polar surface area (TPSA) is 59.1 Å². The van der Waals surface area contributed by atoms with Crippen LogP contribution in [0.5, 0.6) is 0 Å². The summed E-state index contributed by atoms with van der Waals surface area (Å²) in [5.41, 5.74) is 1.92. The maximum Gasteiger partial charge on any atom is 0.273 e. The monoisotopic (exact) mass is 302 g/mol. The molecule has 7 heteroatoms. The minimum absolute atomic E-state index is 0.147. The second-order valence-electron chi connectivity index (χ2n) is 3.81. The van der Waals surface area contributed by atoms with Gasteiger partial charge in [-0.15, -0.1) is 0 Å². The number of nitrogens with one attached hydrogen (secondary N) is 1. The molecule has 2 rings (SSSR count). The van der Waals surface area contributed by atoms with E-state index in [9.17, 15) is 8.42 Å². The number of hydrogen-bond acceptors (Lipinski definition) is 4. The van der Waals surface area contributed by atoms with Gasteiger partial charge >= 0.3 is 0 Å². The molecule has 1 heterocycles. The fraction of sp³-hybridized carbons (Fsp3) is 0.182. The summed E-state index contributed by atoms with van der Waals surface area (Å²) in [4.78, 5) is 3.90. The molecule has 96 valence electrons. The number of hydrogen-bond donors (Lipinski definition) is 1. The lowest BCUT2D eigenvalue weighted by atomic mass is 10.2. The van der Waals surface area contributed by atoms with Gasteiger partial charge in [0.1, 0.15) is 0 Å². The maximum absolute atomic E-state index is 12.1. The van der Waals surface area contributed by atoms with Crippen LogP contribution in [-0.2, 0) is 10.0 Å². The number of sulfonamides is 1. The van der Waals surface area contributed by atoms with Crippen LogP contribution in [0, 0.1) is 13.8 Å². The van der Waals surface area contributed by atoms with Gasteiger partial charge in [-0.2, -0.15) is 0 Å².